The van der Waals surface area contributed by atoms with Crippen molar-refractivity contribution in [3.05, 3.63) is 72.1 Å². The van der Waals surface area contributed by atoms with Gasteiger partial charge >= 0.3 is 6.09 Å². The van der Waals surface area contributed by atoms with Crippen molar-refractivity contribution in [1.82, 2.24) is 31.2 Å². The van der Waals surface area contributed by atoms with E-state index < -0.39 is 41.3 Å². The van der Waals surface area contributed by atoms with E-state index in [0.717, 1.165) is 32.9 Å². The van der Waals surface area contributed by atoms with Gasteiger partial charge in [-0.05, 0) is 57.9 Å². The second-order valence-electron chi connectivity index (χ2n) is 11.8. The lowest BCUT2D eigenvalue weighted by molar-refractivity contribution is -0.132. The van der Waals surface area contributed by atoms with Gasteiger partial charge in [-0.2, -0.15) is 0 Å². The predicted octanol–water partition coefficient (Wildman–Crippen LogP) is 3.41. The first-order valence-electron chi connectivity index (χ1n) is 13.8. The highest BCUT2D eigenvalue weighted by atomic mass is 16.6. The topological polar surface area (TPSA) is 157 Å². The Hall–Kier alpha value is -4.80. The van der Waals surface area contributed by atoms with Crippen molar-refractivity contribution in [2.45, 2.75) is 70.8 Å². The Balaban J connectivity index is 1.56. The summed E-state index contributed by atoms with van der Waals surface area (Å²) in [6.45, 7) is 8.23. The van der Waals surface area contributed by atoms with Gasteiger partial charge in [0, 0.05) is 47.0 Å². The molecule has 2 atom stereocenters. The van der Waals surface area contributed by atoms with Gasteiger partial charge in [-0.3, -0.25) is 14.4 Å². The van der Waals surface area contributed by atoms with E-state index in [1.54, 1.807) is 27.0 Å². The maximum absolute atomic E-state index is 13.7. The number of ether oxygens (including phenoxy) is 1. The van der Waals surface area contributed by atoms with Crippen LogP contribution in [0.1, 0.15) is 45.7 Å². The Morgan fingerprint density at radius 3 is 1.93 bits per heavy atom. The third-order valence-electron chi connectivity index (χ3n) is 6.79. The van der Waals surface area contributed by atoms with E-state index in [9.17, 15) is 19.2 Å². The van der Waals surface area contributed by atoms with E-state index >= 15 is 0 Å². The summed E-state index contributed by atoms with van der Waals surface area (Å²) in [4.78, 5) is 57.5. The van der Waals surface area contributed by atoms with Crippen molar-refractivity contribution >= 4 is 46.1 Å². The maximum atomic E-state index is 13.7. The Morgan fingerprint density at radius 2 is 1.38 bits per heavy atom. The number of amides is 4. The van der Waals surface area contributed by atoms with Crippen LogP contribution < -0.4 is 21.3 Å². The van der Waals surface area contributed by atoms with Crippen LogP contribution in [0.5, 0.6) is 0 Å². The SMILES string of the molecule is CC(C)(C)OC(=O)NC(C)(C)C(=O)N[C@H](Cc1c[nH]c2ccccc12)C(=O)N[C@@H](Cc1c[nH]c2ccccc12)NC=O. The minimum Gasteiger partial charge on any atom is -0.444 e. The monoisotopic (exact) mass is 574 g/mol. The molecule has 0 aliphatic rings. The number of carbonyl (C=O) groups is 4. The van der Waals surface area contributed by atoms with Gasteiger partial charge in [-0.25, -0.2) is 4.79 Å². The number of aromatic amines is 2. The first kappa shape index (κ1) is 30.2. The van der Waals surface area contributed by atoms with Crippen molar-refractivity contribution in [1.29, 1.82) is 0 Å². The molecule has 11 heteroatoms. The van der Waals surface area contributed by atoms with E-state index in [-0.39, 0.29) is 6.42 Å². The molecule has 11 nitrogen and oxygen atoms in total. The summed E-state index contributed by atoms with van der Waals surface area (Å²) in [6.07, 6.45) is 3.14. The van der Waals surface area contributed by atoms with Gasteiger partial charge in [-0.1, -0.05) is 36.4 Å². The van der Waals surface area contributed by atoms with Crippen LogP contribution in [-0.2, 0) is 32.0 Å². The van der Waals surface area contributed by atoms with Crippen LogP contribution in [0.4, 0.5) is 4.79 Å². The lowest BCUT2D eigenvalue weighted by Gasteiger charge is -2.30. The summed E-state index contributed by atoms with van der Waals surface area (Å²) >= 11 is 0. The van der Waals surface area contributed by atoms with Crippen molar-refractivity contribution in [2.24, 2.45) is 0 Å². The Kier molecular flexibility index (Phi) is 8.89. The molecule has 2 heterocycles. The molecule has 4 aromatic rings. The van der Waals surface area contributed by atoms with Gasteiger partial charge in [0.05, 0.1) is 0 Å². The van der Waals surface area contributed by atoms with E-state index in [1.165, 1.54) is 13.8 Å². The molecule has 4 amide bonds. The van der Waals surface area contributed by atoms with Crippen LogP contribution in [0, 0.1) is 0 Å². The number of alkyl carbamates (subject to hydrolysis) is 1. The summed E-state index contributed by atoms with van der Waals surface area (Å²) in [5.74, 6) is -1.08. The molecule has 6 N–H and O–H groups in total. The molecule has 0 radical (unpaired) electrons. The number of nitrogens with one attached hydrogen (secondary N) is 6. The number of hydrogen-bond acceptors (Lipinski definition) is 5. The lowest BCUT2D eigenvalue weighted by atomic mass is 10.0. The fraction of sp³-hybridized carbons (Fsp3) is 0.355. The molecule has 0 aliphatic carbocycles. The summed E-state index contributed by atoms with van der Waals surface area (Å²) in [5.41, 5.74) is 1.41. The zero-order valence-electron chi connectivity index (χ0n) is 24.5. The second kappa shape index (κ2) is 12.4. The molecular formula is C31H38N6O5. The lowest BCUT2D eigenvalue weighted by Crippen LogP contribution is -2.61. The fourth-order valence-corrected chi connectivity index (χ4v) is 4.71. The average Bonchev–Trinajstić information content (AvgIpc) is 3.51. The Labute approximate surface area is 244 Å². The highest BCUT2D eigenvalue weighted by molar-refractivity contribution is 5.94. The summed E-state index contributed by atoms with van der Waals surface area (Å²) in [7, 11) is 0. The quantitative estimate of drug-likeness (QED) is 0.120. The number of fused-ring (bicyclic) bond motifs is 2. The van der Waals surface area contributed by atoms with Crippen molar-refractivity contribution < 1.29 is 23.9 Å². The molecule has 0 aliphatic heterocycles. The molecule has 0 spiro atoms. The molecule has 2 aromatic carbocycles. The van der Waals surface area contributed by atoms with E-state index in [0.29, 0.717) is 12.8 Å². The van der Waals surface area contributed by atoms with E-state index in [4.69, 9.17) is 4.74 Å². The molecule has 0 fully saturated rings. The summed E-state index contributed by atoms with van der Waals surface area (Å²) in [5, 5.41) is 12.8. The highest BCUT2D eigenvalue weighted by Crippen LogP contribution is 2.21. The Bertz CT molecular complexity index is 1580. The first-order chi connectivity index (χ1) is 19.9. The van der Waals surface area contributed by atoms with Crippen molar-refractivity contribution in [2.75, 3.05) is 0 Å². The molecule has 222 valence electrons. The zero-order valence-corrected chi connectivity index (χ0v) is 24.5. The van der Waals surface area contributed by atoms with Crippen LogP contribution in [0.2, 0.25) is 0 Å². The van der Waals surface area contributed by atoms with Gasteiger partial charge in [0.25, 0.3) is 0 Å². The molecule has 42 heavy (non-hydrogen) atoms. The molecule has 0 unspecified atom stereocenters. The van der Waals surface area contributed by atoms with Crippen LogP contribution in [0.15, 0.2) is 60.9 Å². The number of rotatable bonds is 11. The molecule has 4 rings (SSSR count). The van der Waals surface area contributed by atoms with Crippen molar-refractivity contribution in [3.8, 4) is 0 Å². The minimum absolute atomic E-state index is 0.158. The van der Waals surface area contributed by atoms with Crippen LogP contribution in [-0.4, -0.2) is 57.6 Å². The normalized spacial score (nSPS) is 13.3. The first-order valence-corrected chi connectivity index (χ1v) is 13.8. The zero-order chi connectivity index (χ0) is 30.5. The highest BCUT2D eigenvalue weighted by Gasteiger charge is 2.35. The standard InChI is InChI=1S/C31H38N6O5/c1-30(2,3)42-29(41)37-31(4,5)28(40)35-25(14-19-16-32-23-12-8-6-10-21(19)23)27(39)36-26(34-18-38)15-20-17-33-24-13-9-7-11-22(20)24/h6-13,16-18,25-26,32-33H,14-15H2,1-5H3,(H,34,38)(H,35,40)(H,36,39)(H,37,41)/t25-,26+/m1/s1. The van der Waals surface area contributed by atoms with Crippen molar-refractivity contribution in [3.63, 3.8) is 0 Å². The average molecular weight is 575 g/mol. The molecule has 0 saturated heterocycles. The third-order valence-corrected chi connectivity index (χ3v) is 6.79. The van der Waals surface area contributed by atoms with E-state index in [2.05, 4.69) is 31.2 Å². The molecule has 0 bridgehead atoms. The summed E-state index contributed by atoms with van der Waals surface area (Å²) in [6, 6.07) is 14.4. The molecular weight excluding hydrogens is 536 g/mol. The largest absolute Gasteiger partial charge is 0.444 e. The maximum Gasteiger partial charge on any atom is 0.408 e. The number of H-pyrrole nitrogens is 2. The van der Waals surface area contributed by atoms with E-state index in [1.807, 2.05) is 54.7 Å². The second-order valence-corrected chi connectivity index (χ2v) is 11.8. The van der Waals surface area contributed by atoms with Gasteiger partial charge in [0.2, 0.25) is 18.2 Å². The summed E-state index contributed by atoms with van der Waals surface area (Å²) < 4.78 is 5.31. The van der Waals surface area contributed by atoms with Gasteiger partial charge < -0.3 is 36.0 Å². The molecule has 2 aromatic heterocycles. The van der Waals surface area contributed by atoms with Gasteiger partial charge in [0.1, 0.15) is 23.3 Å². The van der Waals surface area contributed by atoms with Crippen LogP contribution in [0.25, 0.3) is 21.8 Å². The predicted molar refractivity (Wildman–Crippen MR) is 161 cm³/mol. The number of hydrogen-bond donors (Lipinski definition) is 6. The number of aromatic nitrogens is 2. The number of para-hydroxylation sites is 2. The third kappa shape index (κ3) is 7.48. The Morgan fingerprint density at radius 1 is 0.833 bits per heavy atom. The van der Waals surface area contributed by atoms with Crippen LogP contribution >= 0.6 is 0 Å². The smallest absolute Gasteiger partial charge is 0.408 e. The molecule has 0 saturated carbocycles. The minimum atomic E-state index is -1.40. The fourth-order valence-electron chi connectivity index (χ4n) is 4.71. The van der Waals surface area contributed by atoms with Gasteiger partial charge in [0.15, 0.2) is 0 Å². The van der Waals surface area contributed by atoms with Gasteiger partial charge in [-0.15, -0.1) is 0 Å². The number of benzene rings is 2. The van der Waals surface area contributed by atoms with Crippen LogP contribution in [0.3, 0.4) is 0 Å². The number of carbonyl (C=O) groups excluding carboxylic acids is 4.